The number of benzene rings is 2. The fourth-order valence-electron chi connectivity index (χ4n) is 1.51. The molecule has 0 bridgehead atoms. The Morgan fingerprint density at radius 3 is 2.37 bits per heavy atom. The summed E-state index contributed by atoms with van der Waals surface area (Å²) >= 11 is 5.71. The third-order valence-electron chi connectivity index (χ3n) is 2.51. The van der Waals surface area contributed by atoms with E-state index < -0.39 is 11.6 Å². The highest BCUT2D eigenvalue weighted by Gasteiger charge is 2.03. The van der Waals surface area contributed by atoms with Gasteiger partial charge in [0, 0.05) is 22.2 Å². The molecule has 0 atom stereocenters. The number of carbonyl (C=O) groups is 1. The zero-order valence-corrected chi connectivity index (χ0v) is 10.5. The van der Waals surface area contributed by atoms with Gasteiger partial charge in [0.05, 0.1) is 0 Å². The number of allylic oxidation sites excluding steroid dienone is 1. The van der Waals surface area contributed by atoms with E-state index in [0.717, 1.165) is 12.1 Å². The third-order valence-corrected chi connectivity index (χ3v) is 2.76. The van der Waals surface area contributed by atoms with E-state index in [1.807, 2.05) is 0 Å². The van der Waals surface area contributed by atoms with Gasteiger partial charge in [-0.2, -0.15) is 0 Å². The minimum Gasteiger partial charge on any atom is -0.289 e. The van der Waals surface area contributed by atoms with Crippen LogP contribution in [0.3, 0.4) is 0 Å². The van der Waals surface area contributed by atoms with Gasteiger partial charge in [0.15, 0.2) is 5.78 Å². The molecular weight excluding hydrogens is 270 g/mol. The van der Waals surface area contributed by atoms with Crippen LogP contribution in [0.2, 0.25) is 5.02 Å². The Labute approximate surface area is 114 Å². The van der Waals surface area contributed by atoms with E-state index in [9.17, 15) is 13.6 Å². The molecule has 4 heteroatoms. The zero-order valence-electron chi connectivity index (χ0n) is 9.74. The number of ketones is 1. The van der Waals surface area contributed by atoms with Gasteiger partial charge in [-0.25, -0.2) is 8.78 Å². The molecule has 2 rings (SSSR count). The molecule has 0 heterocycles. The molecule has 0 unspecified atom stereocenters. The fraction of sp³-hybridized carbons (Fsp3) is 0. The Balaban J connectivity index is 2.18. The van der Waals surface area contributed by atoms with Gasteiger partial charge in [-0.3, -0.25) is 4.79 Å². The van der Waals surface area contributed by atoms with Gasteiger partial charge in [0.2, 0.25) is 0 Å². The van der Waals surface area contributed by atoms with Crippen LogP contribution in [0.15, 0.2) is 48.5 Å². The fourth-order valence-corrected chi connectivity index (χ4v) is 1.64. The van der Waals surface area contributed by atoms with Crippen LogP contribution in [-0.4, -0.2) is 5.78 Å². The lowest BCUT2D eigenvalue weighted by Crippen LogP contribution is -1.93. The van der Waals surface area contributed by atoms with Crippen molar-refractivity contribution in [2.75, 3.05) is 0 Å². The van der Waals surface area contributed by atoms with Gasteiger partial charge in [0.1, 0.15) is 11.6 Å². The summed E-state index contributed by atoms with van der Waals surface area (Å²) in [5.74, 6) is -1.64. The monoisotopic (exact) mass is 278 g/mol. The maximum absolute atomic E-state index is 13.3. The minimum absolute atomic E-state index is 0.156. The molecule has 0 N–H and O–H groups in total. The number of rotatable bonds is 3. The van der Waals surface area contributed by atoms with Crippen LogP contribution >= 0.6 is 11.6 Å². The van der Waals surface area contributed by atoms with Crippen molar-refractivity contribution >= 4 is 23.5 Å². The molecule has 0 aliphatic rings. The Bertz CT molecular complexity index is 633. The summed E-state index contributed by atoms with van der Waals surface area (Å²) in [5, 5.41) is 0.533. The van der Waals surface area contributed by atoms with Gasteiger partial charge in [-0.15, -0.1) is 0 Å². The summed E-state index contributed by atoms with van der Waals surface area (Å²) in [7, 11) is 0. The van der Waals surface area contributed by atoms with Crippen molar-refractivity contribution in [1.82, 2.24) is 0 Å². The van der Waals surface area contributed by atoms with Crippen molar-refractivity contribution in [2.24, 2.45) is 0 Å². The molecule has 2 aromatic carbocycles. The molecule has 0 spiro atoms. The Morgan fingerprint density at radius 2 is 1.74 bits per heavy atom. The van der Waals surface area contributed by atoms with Crippen LogP contribution in [0.4, 0.5) is 8.78 Å². The SMILES string of the molecule is O=C(/C=C/c1ccc(F)cc1F)c1ccc(Cl)cc1. The van der Waals surface area contributed by atoms with Crippen LogP contribution in [0, 0.1) is 11.6 Å². The molecule has 0 aliphatic carbocycles. The van der Waals surface area contributed by atoms with Crippen molar-refractivity contribution in [1.29, 1.82) is 0 Å². The van der Waals surface area contributed by atoms with Gasteiger partial charge in [-0.05, 0) is 48.6 Å². The lowest BCUT2D eigenvalue weighted by molar-refractivity contribution is 0.104. The van der Waals surface area contributed by atoms with Crippen molar-refractivity contribution in [3.8, 4) is 0 Å². The molecule has 0 saturated heterocycles. The molecule has 19 heavy (non-hydrogen) atoms. The topological polar surface area (TPSA) is 17.1 Å². The van der Waals surface area contributed by atoms with E-state index >= 15 is 0 Å². The van der Waals surface area contributed by atoms with E-state index in [-0.39, 0.29) is 11.3 Å². The molecule has 1 nitrogen and oxygen atoms in total. The Morgan fingerprint density at radius 1 is 1.05 bits per heavy atom. The molecular formula is C15H9ClF2O. The Hall–Kier alpha value is -2.00. The maximum Gasteiger partial charge on any atom is 0.185 e. The van der Waals surface area contributed by atoms with Crippen LogP contribution in [0.25, 0.3) is 6.08 Å². The summed E-state index contributed by atoms with van der Waals surface area (Å²) in [5.41, 5.74) is 0.604. The van der Waals surface area contributed by atoms with Crippen molar-refractivity contribution in [3.63, 3.8) is 0 Å². The lowest BCUT2D eigenvalue weighted by Gasteiger charge is -1.98. The normalized spacial score (nSPS) is 10.9. The van der Waals surface area contributed by atoms with E-state index in [1.165, 1.54) is 18.2 Å². The van der Waals surface area contributed by atoms with Gasteiger partial charge >= 0.3 is 0 Å². The van der Waals surface area contributed by atoms with Crippen LogP contribution in [0.1, 0.15) is 15.9 Å². The molecule has 0 saturated carbocycles. The number of hydrogen-bond acceptors (Lipinski definition) is 1. The lowest BCUT2D eigenvalue weighted by atomic mass is 10.1. The van der Waals surface area contributed by atoms with Crippen molar-refractivity contribution in [2.45, 2.75) is 0 Å². The molecule has 96 valence electrons. The van der Waals surface area contributed by atoms with Gasteiger partial charge < -0.3 is 0 Å². The first-order valence-electron chi connectivity index (χ1n) is 5.49. The van der Waals surface area contributed by atoms with Gasteiger partial charge in [-0.1, -0.05) is 11.6 Å². The summed E-state index contributed by atoms with van der Waals surface area (Å²) in [4.78, 5) is 11.8. The average molecular weight is 279 g/mol. The molecule has 2 aromatic rings. The van der Waals surface area contributed by atoms with E-state index in [2.05, 4.69) is 0 Å². The highest BCUT2D eigenvalue weighted by Crippen LogP contribution is 2.13. The van der Waals surface area contributed by atoms with Crippen molar-refractivity contribution in [3.05, 3.63) is 76.3 Å². The first kappa shape index (κ1) is 13.4. The summed E-state index contributed by atoms with van der Waals surface area (Å²) in [6.07, 6.45) is 2.55. The van der Waals surface area contributed by atoms with Crippen molar-refractivity contribution < 1.29 is 13.6 Å². The summed E-state index contributed by atoms with van der Waals surface area (Å²) < 4.78 is 26.0. The second kappa shape index (κ2) is 5.76. The number of carbonyl (C=O) groups excluding carboxylic acids is 1. The highest BCUT2D eigenvalue weighted by atomic mass is 35.5. The molecule has 0 fully saturated rings. The quantitative estimate of drug-likeness (QED) is 0.596. The second-order valence-electron chi connectivity index (χ2n) is 3.87. The molecule has 0 aliphatic heterocycles. The predicted octanol–water partition coefficient (Wildman–Crippen LogP) is 4.51. The average Bonchev–Trinajstić information content (AvgIpc) is 2.38. The number of halogens is 3. The maximum atomic E-state index is 13.3. The first-order chi connectivity index (χ1) is 9.06. The van der Waals surface area contributed by atoms with Gasteiger partial charge in [0.25, 0.3) is 0 Å². The predicted molar refractivity (Wildman–Crippen MR) is 71.2 cm³/mol. The Kier molecular flexibility index (Phi) is 4.07. The number of hydrogen-bond donors (Lipinski definition) is 0. The van der Waals surface area contributed by atoms with E-state index in [4.69, 9.17) is 11.6 Å². The highest BCUT2D eigenvalue weighted by molar-refractivity contribution is 6.30. The summed E-state index contributed by atoms with van der Waals surface area (Å²) in [6.45, 7) is 0. The van der Waals surface area contributed by atoms with E-state index in [1.54, 1.807) is 24.3 Å². The zero-order chi connectivity index (χ0) is 13.8. The largest absolute Gasteiger partial charge is 0.289 e. The third kappa shape index (κ3) is 3.48. The summed E-state index contributed by atoms with van der Waals surface area (Å²) in [6, 6.07) is 9.53. The van der Waals surface area contributed by atoms with E-state index in [0.29, 0.717) is 10.6 Å². The first-order valence-corrected chi connectivity index (χ1v) is 5.87. The van der Waals surface area contributed by atoms with Crippen LogP contribution < -0.4 is 0 Å². The molecule has 0 radical (unpaired) electrons. The second-order valence-corrected chi connectivity index (χ2v) is 4.31. The smallest absolute Gasteiger partial charge is 0.185 e. The van der Waals surface area contributed by atoms with Crippen LogP contribution in [-0.2, 0) is 0 Å². The van der Waals surface area contributed by atoms with Crippen LogP contribution in [0.5, 0.6) is 0 Å². The molecule has 0 amide bonds. The minimum atomic E-state index is -0.708. The molecule has 0 aromatic heterocycles. The standard InChI is InChI=1S/C15H9ClF2O/c16-12-5-1-11(2-6-12)15(19)8-4-10-3-7-13(17)9-14(10)18/h1-9H/b8-4+.